The number of nitrogens with zero attached hydrogens (tertiary/aromatic N) is 2. The van der Waals surface area contributed by atoms with Crippen molar-refractivity contribution in [1.29, 1.82) is 0 Å². The first-order valence-electron chi connectivity index (χ1n) is 11.3. The number of piperidine rings is 1. The minimum atomic E-state index is -3.66. The first-order valence-corrected chi connectivity index (χ1v) is 12.7. The molecule has 2 heterocycles. The number of hydrogen-bond acceptors (Lipinski definition) is 5. The summed E-state index contributed by atoms with van der Waals surface area (Å²) in [5.41, 5.74) is 0.900. The number of rotatable bonds is 7. The Labute approximate surface area is 190 Å². The topological polar surface area (TPSA) is 76.2 Å². The second-order valence-electron chi connectivity index (χ2n) is 8.16. The molecule has 1 amide bonds. The number of anilines is 1. The molecule has 4 rings (SSSR count). The monoisotopic (exact) mass is 458 g/mol. The van der Waals surface area contributed by atoms with E-state index in [4.69, 9.17) is 9.47 Å². The molecule has 2 aromatic carbocycles. The number of fused-ring (bicyclic) bond motifs is 1. The predicted octanol–water partition coefficient (Wildman–Crippen LogP) is 3.69. The molecule has 172 valence electrons. The van der Waals surface area contributed by atoms with E-state index in [1.807, 2.05) is 35.2 Å². The Morgan fingerprint density at radius 3 is 2.41 bits per heavy atom. The molecule has 32 heavy (non-hydrogen) atoms. The highest BCUT2D eigenvalue weighted by Gasteiger charge is 2.34. The molecular weight excluding hydrogens is 428 g/mol. The van der Waals surface area contributed by atoms with Gasteiger partial charge < -0.3 is 14.4 Å². The number of sulfonamides is 1. The molecule has 1 fully saturated rings. The summed E-state index contributed by atoms with van der Waals surface area (Å²) in [6.45, 7) is 4.29. The van der Waals surface area contributed by atoms with Gasteiger partial charge in [-0.25, -0.2) is 8.42 Å². The van der Waals surface area contributed by atoms with Gasteiger partial charge in [-0.3, -0.25) is 4.79 Å². The van der Waals surface area contributed by atoms with Gasteiger partial charge in [0.1, 0.15) is 13.2 Å². The van der Waals surface area contributed by atoms with Crippen molar-refractivity contribution in [3.63, 3.8) is 0 Å². The van der Waals surface area contributed by atoms with Crippen LogP contribution in [0.15, 0.2) is 53.4 Å². The van der Waals surface area contributed by atoms with Gasteiger partial charge in [-0.05, 0) is 43.5 Å². The van der Waals surface area contributed by atoms with Gasteiger partial charge in [0.2, 0.25) is 15.9 Å². The molecule has 2 aliphatic heterocycles. The zero-order chi connectivity index (χ0) is 22.6. The van der Waals surface area contributed by atoms with Crippen molar-refractivity contribution in [3.05, 3.63) is 48.5 Å². The van der Waals surface area contributed by atoms with E-state index in [0.717, 1.165) is 18.5 Å². The molecule has 0 spiro atoms. The van der Waals surface area contributed by atoms with Crippen LogP contribution in [0.3, 0.4) is 0 Å². The Bertz CT molecular complexity index is 1030. The van der Waals surface area contributed by atoms with Gasteiger partial charge in [0, 0.05) is 37.3 Å². The fraction of sp³-hybridized carbons (Fsp3) is 0.458. The molecule has 2 aliphatic rings. The number of hydrogen-bond donors (Lipinski definition) is 0. The first-order chi connectivity index (χ1) is 15.5. The fourth-order valence-corrected chi connectivity index (χ4v) is 5.67. The number of carbonyl (C=O) groups excluding carboxylic acids is 1. The summed E-state index contributed by atoms with van der Waals surface area (Å²) in [5.74, 6) is 0.921. The summed E-state index contributed by atoms with van der Waals surface area (Å²) in [6.07, 6.45) is 2.96. The summed E-state index contributed by atoms with van der Waals surface area (Å²) in [5, 5.41) is 0. The second kappa shape index (κ2) is 9.92. The lowest BCUT2D eigenvalue weighted by Crippen LogP contribution is -2.44. The van der Waals surface area contributed by atoms with Crippen molar-refractivity contribution in [1.82, 2.24) is 4.31 Å². The van der Waals surface area contributed by atoms with Crippen LogP contribution >= 0.6 is 0 Å². The van der Waals surface area contributed by atoms with Crippen LogP contribution in [0.4, 0.5) is 5.69 Å². The van der Waals surface area contributed by atoms with Gasteiger partial charge in [-0.2, -0.15) is 4.31 Å². The van der Waals surface area contributed by atoms with E-state index in [1.54, 1.807) is 12.1 Å². The summed E-state index contributed by atoms with van der Waals surface area (Å²) in [4.78, 5) is 15.4. The van der Waals surface area contributed by atoms with Crippen molar-refractivity contribution in [2.45, 2.75) is 37.5 Å². The molecule has 0 atom stereocenters. The molecule has 0 unspecified atom stereocenters. The maximum Gasteiger partial charge on any atom is 0.243 e. The number of carbonyl (C=O) groups is 1. The van der Waals surface area contributed by atoms with Gasteiger partial charge in [0.05, 0.1) is 4.90 Å². The largest absolute Gasteiger partial charge is 0.486 e. The lowest BCUT2D eigenvalue weighted by molar-refractivity contribution is -0.123. The smallest absolute Gasteiger partial charge is 0.243 e. The van der Waals surface area contributed by atoms with Crippen LogP contribution < -0.4 is 14.4 Å². The predicted molar refractivity (Wildman–Crippen MR) is 123 cm³/mol. The highest BCUT2D eigenvalue weighted by Crippen LogP contribution is 2.34. The van der Waals surface area contributed by atoms with E-state index in [1.165, 1.54) is 10.4 Å². The van der Waals surface area contributed by atoms with E-state index >= 15 is 0 Å². The van der Waals surface area contributed by atoms with Gasteiger partial charge >= 0.3 is 0 Å². The third-order valence-electron chi connectivity index (χ3n) is 6.02. The van der Waals surface area contributed by atoms with Crippen molar-refractivity contribution in [3.8, 4) is 11.5 Å². The molecule has 0 aliphatic carbocycles. The van der Waals surface area contributed by atoms with Crippen LogP contribution in [0.1, 0.15) is 32.6 Å². The average molecular weight is 459 g/mol. The van der Waals surface area contributed by atoms with Crippen molar-refractivity contribution >= 4 is 21.6 Å². The Morgan fingerprint density at radius 1 is 1.03 bits per heavy atom. The number of ether oxygens (including phenoxy) is 2. The van der Waals surface area contributed by atoms with E-state index in [2.05, 4.69) is 6.92 Å². The SMILES string of the molecule is CCCCN(C(=O)C1CCN(S(=O)(=O)c2ccc3c(c2)OCCO3)CC1)c1ccccc1. The maximum atomic E-state index is 13.3. The van der Waals surface area contributed by atoms with Crippen LogP contribution in [0, 0.1) is 5.92 Å². The fourth-order valence-electron chi connectivity index (χ4n) is 4.19. The third-order valence-corrected chi connectivity index (χ3v) is 7.92. The van der Waals surface area contributed by atoms with Crippen molar-refractivity contribution in [2.75, 3.05) is 37.7 Å². The summed E-state index contributed by atoms with van der Waals surface area (Å²) >= 11 is 0. The Morgan fingerprint density at radius 2 is 1.72 bits per heavy atom. The molecule has 7 nitrogen and oxygen atoms in total. The molecule has 0 saturated carbocycles. The second-order valence-corrected chi connectivity index (χ2v) is 10.1. The van der Waals surface area contributed by atoms with Gasteiger partial charge in [-0.1, -0.05) is 31.5 Å². The van der Waals surface area contributed by atoms with E-state index in [0.29, 0.717) is 57.2 Å². The standard InChI is InChI=1S/C24H30N2O5S/c1-2-3-13-26(20-7-5-4-6-8-20)24(27)19-11-14-25(15-12-19)32(28,29)21-9-10-22-23(18-21)31-17-16-30-22/h4-10,18-19H,2-3,11-17H2,1H3. The van der Waals surface area contributed by atoms with Crippen LogP contribution in [0.2, 0.25) is 0 Å². The minimum absolute atomic E-state index is 0.0843. The summed E-state index contributed by atoms with van der Waals surface area (Å²) in [6, 6.07) is 14.4. The Balaban J connectivity index is 1.44. The van der Waals surface area contributed by atoms with E-state index in [9.17, 15) is 13.2 Å². The molecule has 0 aromatic heterocycles. The number of benzene rings is 2. The normalized spacial score (nSPS) is 17.2. The molecular formula is C24H30N2O5S. The number of amides is 1. The Hall–Kier alpha value is -2.58. The molecule has 0 radical (unpaired) electrons. The third kappa shape index (κ3) is 4.76. The lowest BCUT2D eigenvalue weighted by atomic mass is 9.96. The molecule has 2 aromatic rings. The lowest BCUT2D eigenvalue weighted by Gasteiger charge is -2.34. The van der Waals surface area contributed by atoms with Gasteiger partial charge in [-0.15, -0.1) is 0 Å². The molecule has 1 saturated heterocycles. The van der Waals surface area contributed by atoms with Crippen LogP contribution in [-0.2, 0) is 14.8 Å². The van der Waals surface area contributed by atoms with Crippen molar-refractivity contribution < 1.29 is 22.7 Å². The minimum Gasteiger partial charge on any atom is -0.486 e. The summed E-state index contributed by atoms with van der Waals surface area (Å²) < 4.78 is 38.9. The quantitative estimate of drug-likeness (QED) is 0.633. The number of unbranched alkanes of at least 4 members (excludes halogenated alkanes) is 1. The molecule has 8 heteroatoms. The molecule has 0 bridgehead atoms. The van der Waals surface area contributed by atoms with Gasteiger partial charge in [0.25, 0.3) is 0 Å². The molecule has 0 N–H and O–H groups in total. The average Bonchev–Trinajstić information content (AvgIpc) is 2.84. The van der Waals surface area contributed by atoms with Gasteiger partial charge in [0.15, 0.2) is 11.5 Å². The van der Waals surface area contributed by atoms with Crippen LogP contribution in [-0.4, -0.2) is 51.5 Å². The van der Waals surface area contributed by atoms with Crippen LogP contribution in [0.25, 0.3) is 0 Å². The zero-order valence-corrected chi connectivity index (χ0v) is 19.2. The highest BCUT2D eigenvalue weighted by atomic mass is 32.2. The summed E-state index contributed by atoms with van der Waals surface area (Å²) in [7, 11) is -3.66. The van der Waals surface area contributed by atoms with Crippen molar-refractivity contribution in [2.24, 2.45) is 5.92 Å². The number of para-hydroxylation sites is 1. The highest BCUT2D eigenvalue weighted by molar-refractivity contribution is 7.89. The van der Waals surface area contributed by atoms with E-state index < -0.39 is 10.0 Å². The van der Waals surface area contributed by atoms with Crippen LogP contribution in [0.5, 0.6) is 11.5 Å². The first kappa shape index (κ1) is 22.6. The Kier molecular flexibility index (Phi) is 7.01. The van der Waals surface area contributed by atoms with E-state index in [-0.39, 0.29) is 16.7 Å². The zero-order valence-electron chi connectivity index (χ0n) is 18.4. The maximum absolute atomic E-state index is 13.3.